The van der Waals surface area contributed by atoms with E-state index in [-0.39, 0.29) is 17.9 Å². The lowest BCUT2D eigenvalue weighted by Crippen LogP contribution is -2.42. The summed E-state index contributed by atoms with van der Waals surface area (Å²) >= 11 is 0. The number of likely N-dealkylation sites (N-methyl/N-ethyl adjacent to an activating group) is 1. The van der Waals surface area contributed by atoms with Crippen molar-refractivity contribution in [2.45, 2.75) is 19.0 Å². The molecule has 3 nitrogen and oxygen atoms in total. The molecule has 0 aromatic heterocycles. The molecule has 17 heavy (non-hydrogen) atoms. The Morgan fingerprint density at radius 2 is 2.06 bits per heavy atom. The molecule has 0 aliphatic heterocycles. The highest BCUT2D eigenvalue weighted by Crippen LogP contribution is 2.23. The molecule has 0 saturated carbocycles. The van der Waals surface area contributed by atoms with Gasteiger partial charge < -0.3 is 10.5 Å². The smallest absolute Gasteiger partial charge is 0.127 e. The zero-order valence-corrected chi connectivity index (χ0v) is 10.7. The topological polar surface area (TPSA) is 38.5 Å². The molecule has 0 spiro atoms. The van der Waals surface area contributed by atoms with E-state index in [1.165, 1.54) is 6.07 Å². The van der Waals surface area contributed by atoms with Gasteiger partial charge in [-0.05, 0) is 20.0 Å². The molecule has 96 valence electrons. The van der Waals surface area contributed by atoms with Crippen LogP contribution in [-0.2, 0) is 4.74 Å². The van der Waals surface area contributed by atoms with Gasteiger partial charge in [-0.2, -0.15) is 0 Å². The molecule has 0 saturated heterocycles. The summed E-state index contributed by atoms with van der Waals surface area (Å²) in [5.41, 5.74) is 6.38. The summed E-state index contributed by atoms with van der Waals surface area (Å²) in [6.45, 7) is 3.01. The molecule has 1 aromatic carbocycles. The maximum atomic E-state index is 13.7. The fraction of sp³-hybridized carbons (Fsp3) is 0.538. The molecular formula is C13H21FN2O. The molecule has 0 aliphatic carbocycles. The summed E-state index contributed by atoms with van der Waals surface area (Å²) in [4.78, 5) is 2.04. The number of halogens is 1. The van der Waals surface area contributed by atoms with Crippen molar-refractivity contribution >= 4 is 0 Å². The molecule has 0 radical (unpaired) electrons. The Kier molecular flexibility index (Phi) is 5.55. The first-order valence-corrected chi connectivity index (χ1v) is 5.77. The summed E-state index contributed by atoms with van der Waals surface area (Å²) < 4.78 is 18.8. The SMILES string of the molecule is COCC(CN)N(C)C(C)c1ccccc1F. The van der Waals surface area contributed by atoms with E-state index in [1.807, 2.05) is 24.9 Å². The van der Waals surface area contributed by atoms with Crippen molar-refractivity contribution in [1.82, 2.24) is 4.90 Å². The zero-order valence-electron chi connectivity index (χ0n) is 10.7. The fourth-order valence-corrected chi connectivity index (χ4v) is 1.89. The molecule has 2 N–H and O–H groups in total. The number of nitrogens with zero attached hydrogens (tertiary/aromatic N) is 1. The Morgan fingerprint density at radius 1 is 1.41 bits per heavy atom. The fourth-order valence-electron chi connectivity index (χ4n) is 1.89. The van der Waals surface area contributed by atoms with Crippen molar-refractivity contribution in [3.05, 3.63) is 35.6 Å². The van der Waals surface area contributed by atoms with Crippen molar-refractivity contribution < 1.29 is 9.13 Å². The minimum atomic E-state index is -0.181. The van der Waals surface area contributed by atoms with Crippen LogP contribution in [0.2, 0.25) is 0 Å². The molecule has 0 aliphatic rings. The van der Waals surface area contributed by atoms with Gasteiger partial charge in [-0.15, -0.1) is 0 Å². The lowest BCUT2D eigenvalue weighted by molar-refractivity contribution is 0.0875. The molecule has 1 rings (SSSR count). The first-order valence-electron chi connectivity index (χ1n) is 5.77. The maximum Gasteiger partial charge on any atom is 0.127 e. The predicted molar refractivity (Wildman–Crippen MR) is 67.3 cm³/mol. The lowest BCUT2D eigenvalue weighted by atomic mass is 10.1. The van der Waals surface area contributed by atoms with E-state index in [1.54, 1.807) is 19.2 Å². The first-order chi connectivity index (χ1) is 8.11. The highest BCUT2D eigenvalue weighted by molar-refractivity contribution is 5.20. The van der Waals surface area contributed by atoms with E-state index >= 15 is 0 Å². The van der Waals surface area contributed by atoms with Gasteiger partial charge >= 0.3 is 0 Å². The minimum absolute atomic E-state index is 0.0279. The van der Waals surface area contributed by atoms with Crippen LogP contribution in [0.5, 0.6) is 0 Å². The van der Waals surface area contributed by atoms with Crippen LogP contribution in [0.1, 0.15) is 18.5 Å². The second-order valence-corrected chi connectivity index (χ2v) is 4.21. The molecule has 0 amide bonds. The van der Waals surface area contributed by atoms with Gasteiger partial charge in [0.2, 0.25) is 0 Å². The molecule has 2 unspecified atom stereocenters. The third-order valence-corrected chi connectivity index (χ3v) is 3.17. The number of rotatable bonds is 6. The number of benzene rings is 1. The van der Waals surface area contributed by atoms with Crippen LogP contribution in [0.15, 0.2) is 24.3 Å². The molecule has 2 atom stereocenters. The van der Waals surface area contributed by atoms with Crippen LogP contribution in [0, 0.1) is 5.82 Å². The van der Waals surface area contributed by atoms with Gasteiger partial charge in [0.1, 0.15) is 5.82 Å². The Balaban J connectivity index is 2.81. The normalized spacial score (nSPS) is 14.9. The van der Waals surface area contributed by atoms with Crippen LogP contribution in [0.25, 0.3) is 0 Å². The summed E-state index contributed by atoms with van der Waals surface area (Å²) in [7, 11) is 3.58. The summed E-state index contributed by atoms with van der Waals surface area (Å²) in [6.07, 6.45) is 0. The van der Waals surface area contributed by atoms with E-state index in [9.17, 15) is 4.39 Å². The van der Waals surface area contributed by atoms with E-state index in [0.717, 1.165) is 0 Å². The molecule has 0 bridgehead atoms. The van der Waals surface area contributed by atoms with Crippen molar-refractivity contribution in [2.75, 3.05) is 27.3 Å². The van der Waals surface area contributed by atoms with Crippen molar-refractivity contribution in [1.29, 1.82) is 0 Å². The van der Waals surface area contributed by atoms with E-state index in [0.29, 0.717) is 18.7 Å². The highest BCUT2D eigenvalue weighted by Gasteiger charge is 2.21. The minimum Gasteiger partial charge on any atom is -0.383 e. The Bertz CT molecular complexity index is 346. The van der Waals surface area contributed by atoms with E-state index in [2.05, 4.69) is 0 Å². The van der Waals surface area contributed by atoms with Gasteiger partial charge in [0.05, 0.1) is 6.61 Å². The van der Waals surface area contributed by atoms with Crippen molar-refractivity contribution in [2.24, 2.45) is 5.73 Å². The molecule has 4 heteroatoms. The van der Waals surface area contributed by atoms with Gasteiger partial charge in [-0.3, -0.25) is 4.90 Å². The average molecular weight is 240 g/mol. The average Bonchev–Trinajstić information content (AvgIpc) is 2.35. The second-order valence-electron chi connectivity index (χ2n) is 4.21. The lowest BCUT2D eigenvalue weighted by Gasteiger charge is -2.32. The quantitative estimate of drug-likeness (QED) is 0.824. The van der Waals surface area contributed by atoms with Gasteiger partial charge in [0.15, 0.2) is 0 Å². The van der Waals surface area contributed by atoms with Crippen molar-refractivity contribution in [3.8, 4) is 0 Å². The third-order valence-electron chi connectivity index (χ3n) is 3.17. The number of hydrogen-bond acceptors (Lipinski definition) is 3. The van der Waals surface area contributed by atoms with Gasteiger partial charge in [-0.1, -0.05) is 18.2 Å². The molecule has 1 aromatic rings. The monoisotopic (exact) mass is 240 g/mol. The summed E-state index contributed by atoms with van der Waals surface area (Å²) in [6, 6.07) is 6.89. The van der Waals surface area contributed by atoms with Gasteiger partial charge in [0.25, 0.3) is 0 Å². The Labute approximate surface area is 102 Å². The van der Waals surface area contributed by atoms with E-state index in [4.69, 9.17) is 10.5 Å². The summed E-state index contributed by atoms with van der Waals surface area (Å²) in [5.74, 6) is -0.181. The molecule has 0 heterocycles. The van der Waals surface area contributed by atoms with Crippen LogP contribution in [-0.4, -0.2) is 38.3 Å². The largest absolute Gasteiger partial charge is 0.383 e. The molecule has 0 fully saturated rings. The van der Waals surface area contributed by atoms with Crippen LogP contribution < -0.4 is 5.73 Å². The number of methoxy groups -OCH3 is 1. The standard InChI is InChI=1S/C13H21FN2O/c1-10(12-6-4-5-7-13(12)14)16(2)11(8-15)9-17-3/h4-7,10-11H,8-9,15H2,1-3H3. The number of ether oxygens (including phenoxy) is 1. The number of nitrogens with two attached hydrogens (primary N) is 1. The Hall–Kier alpha value is -0.970. The second kappa shape index (κ2) is 6.69. The summed E-state index contributed by atoms with van der Waals surface area (Å²) in [5, 5.41) is 0. The maximum absolute atomic E-state index is 13.7. The first kappa shape index (κ1) is 14.1. The van der Waals surface area contributed by atoms with E-state index < -0.39 is 0 Å². The predicted octanol–water partition coefficient (Wildman–Crippen LogP) is 1.79. The van der Waals surface area contributed by atoms with Crippen LogP contribution in [0.3, 0.4) is 0 Å². The van der Waals surface area contributed by atoms with Crippen LogP contribution >= 0.6 is 0 Å². The zero-order chi connectivity index (χ0) is 12.8. The highest BCUT2D eigenvalue weighted by atomic mass is 19.1. The molecular weight excluding hydrogens is 219 g/mol. The van der Waals surface area contributed by atoms with Gasteiger partial charge in [-0.25, -0.2) is 4.39 Å². The Morgan fingerprint density at radius 3 is 2.59 bits per heavy atom. The van der Waals surface area contributed by atoms with Gasteiger partial charge in [0, 0.05) is 31.3 Å². The number of hydrogen-bond donors (Lipinski definition) is 1. The van der Waals surface area contributed by atoms with Crippen molar-refractivity contribution in [3.63, 3.8) is 0 Å². The van der Waals surface area contributed by atoms with Crippen LogP contribution in [0.4, 0.5) is 4.39 Å². The third kappa shape index (κ3) is 3.49.